The van der Waals surface area contributed by atoms with Crippen LogP contribution in [0.25, 0.3) is 0 Å². The first-order valence-electron chi connectivity index (χ1n) is 14.0. The third-order valence-corrected chi connectivity index (χ3v) is 8.29. The molecule has 2 fully saturated rings. The number of carbonyl (C=O) groups excluding carboxylic acids is 5. The zero-order valence-corrected chi connectivity index (χ0v) is 26.8. The number of benzene rings is 1. The van der Waals surface area contributed by atoms with Gasteiger partial charge in [0.2, 0.25) is 5.91 Å². The largest absolute Gasteiger partial charge is 0.465 e. The lowest BCUT2D eigenvalue weighted by Crippen LogP contribution is -2.43. The number of hydrogen-bond donors (Lipinski definition) is 1. The molecule has 0 bridgehead atoms. The predicted octanol–water partition coefficient (Wildman–Crippen LogP) is 3.88. The summed E-state index contributed by atoms with van der Waals surface area (Å²) >= 11 is 7.08. The molecule has 3 heterocycles. The maximum atomic E-state index is 13.3. The van der Waals surface area contributed by atoms with Crippen LogP contribution in [0, 0.1) is 5.92 Å². The molecular weight excluding hydrogens is 635 g/mol. The summed E-state index contributed by atoms with van der Waals surface area (Å²) < 4.78 is 16.3. The Morgan fingerprint density at radius 2 is 1.77 bits per heavy atom. The molecular formula is C29H36Cl2N4O8S. The summed E-state index contributed by atoms with van der Waals surface area (Å²) in [6.07, 6.45) is -0.583. The van der Waals surface area contributed by atoms with E-state index < -0.39 is 36.0 Å². The molecule has 1 aromatic heterocycles. The number of hydrogen-bond acceptors (Lipinski definition) is 10. The van der Waals surface area contributed by atoms with Crippen molar-refractivity contribution in [1.29, 1.82) is 0 Å². The van der Waals surface area contributed by atoms with Gasteiger partial charge in [-0.1, -0.05) is 25.4 Å². The van der Waals surface area contributed by atoms with Crippen molar-refractivity contribution < 1.29 is 38.2 Å². The summed E-state index contributed by atoms with van der Waals surface area (Å²) in [7, 11) is 0. The lowest BCUT2D eigenvalue weighted by atomic mass is 10.1. The van der Waals surface area contributed by atoms with Crippen LogP contribution >= 0.6 is 35.3 Å². The van der Waals surface area contributed by atoms with Crippen LogP contribution in [0.15, 0.2) is 36.4 Å². The molecule has 0 unspecified atom stereocenters. The first-order valence-corrected chi connectivity index (χ1v) is 15.2. The van der Waals surface area contributed by atoms with E-state index in [-0.39, 0.29) is 61.8 Å². The summed E-state index contributed by atoms with van der Waals surface area (Å²) in [6, 6.07) is 9.31. The van der Waals surface area contributed by atoms with Gasteiger partial charge in [-0.15, -0.1) is 23.7 Å². The normalized spacial score (nSPS) is 17.2. The van der Waals surface area contributed by atoms with Crippen LogP contribution < -0.4 is 15.5 Å². The van der Waals surface area contributed by atoms with E-state index >= 15 is 0 Å². The van der Waals surface area contributed by atoms with E-state index in [1.54, 1.807) is 41.3 Å². The molecule has 2 aromatic rings. The van der Waals surface area contributed by atoms with E-state index in [1.807, 2.05) is 13.8 Å². The van der Waals surface area contributed by atoms with E-state index in [2.05, 4.69) is 0 Å². The Labute approximate surface area is 270 Å². The lowest BCUT2D eigenvalue weighted by Gasteiger charge is -2.27. The van der Waals surface area contributed by atoms with Crippen LogP contribution in [0.1, 0.15) is 42.8 Å². The zero-order valence-electron chi connectivity index (χ0n) is 24.4. The van der Waals surface area contributed by atoms with Crippen LogP contribution in [0.2, 0.25) is 4.34 Å². The number of imide groups is 1. The maximum absolute atomic E-state index is 13.3. The molecule has 2 saturated heterocycles. The summed E-state index contributed by atoms with van der Waals surface area (Å²) in [5.74, 6) is -1.68. The van der Waals surface area contributed by atoms with Crippen molar-refractivity contribution in [3.05, 3.63) is 45.6 Å². The second kappa shape index (κ2) is 16.2. The standard InChI is InChI=1S/C29H35ClN4O8S.ClH/c1-18(2)26(31)28(38)41-13-4-3-5-24(35)34(27(37)22-10-11-23(30)43-22)16-21-15-33(29(39)42-21)20-8-6-19(7-9-20)32-12-14-40-17-25(32)36;/h6-11,18,21,26H,3-5,12-17,31H2,1-2H3;1H/t21-,26+;/m1./s1. The summed E-state index contributed by atoms with van der Waals surface area (Å²) in [5, 5.41) is 0. The van der Waals surface area contributed by atoms with Crippen molar-refractivity contribution in [3.8, 4) is 0 Å². The average molecular weight is 672 g/mol. The second-order valence-electron chi connectivity index (χ2n) is 10.5. The van der Waals surface area contributed by atoms with E-state index in [1.165, 1.54) is 4.90 Å². The van der Waals surface area contributed by atoms with Gasteiger partial charge < -0.3 is 24.8 Å². The number of morpholine rings is 1. The number of anilines is 2. The number of rotatable bonds is 12. The number of amides is 4. The maximum Gasteiger partial charge on any atom is 0.414 e. The Bertz CT molecular complexity index is 1340. The monoisotopic (exact) mass is 670 g/mol. The molecule has 0 spiro atoms. The second-order valence-corrected chi connectivity index (χ2v) is 12.3. The van der Waals surface area contributed by atoms with Gasteiger partial charge >= 0.3 is 12.1 Å². The summed E-state index contributed by atoms with van der Waals surface area (Å²) in [4.78, 5) is 67.8. The number of nitrogens with two attached hydrogens (primary N) is 1. The highest BCUT2D eigenvalue weighted by Crippen LogP contribution is 2.27. The average Bonchev–Trinajstić information content (AvgIpc) is 3.59. The van der Waals surface area contributed by atoms with Gasteiger partial charge in [-0.25, -0.2) is 4.79 Å². The number of ether oxygens (including phenoxy) is 3. The van der Waals surface area contributed by atoms with Gasteiger partial charge in [0.1, 0.15) is 18.8 Å². The fourth-order valence-electron chi connectivity index (χ4n) is 4.55. The van der Waals surface area contributed by atoms with Crippen LogP contribution in [-0.4, -0.2) is 86.3 Å². The van der Waals surface area contributed by atoms with Crippen LogP contribution in [0.5, 0.6) is 0 Å². The third kappa shape index (κ3) is 8.91. The van der Waals surface area contributed by atoms with Crippen LogP contribution in [-0.2, 0) is 28.6 Å². The lowest BCUT2D eigenvalue weighted by molar-refractivity contribution is -0.146. The summed E-state index contributed by atoms with van der Waals surface area (Å²) in [6.45, 7) is 4.63. The Hall–Kier alpha value is -3.23. The number of thiophene rings is 1. The van der Waals surface area contributed by atoms with Crippen molar-refractivity contribution in [2.24, 2.45) is 11.7 Å². The van der Waals surface area contributed by atoms with Crippen LogP contribution in [0.3, 0.4) is 0 Å². The third-order valence-electron chi connectivity index (χ3n) is 7.07. The molecule has 2 atom stereocenters. The minimum Gasteiger partial charge on any atom is -0.465 e. The van der Waals surface area contributed by atoms with Gasteiger partial charge in [-0.2, -0.15) is 0 Å². The van der Waals surface area contributed by atoms with Gasteiger partial charge in [0.15, 0.2) is 0 Å². The van der Waals surface area contributed by atoms with E-state index in [4.69, 9.17) is 31.5 Å². The minimum atomic E-state index is -0.769. The molecule has 0 saturated carbocycles. The fourth-order valence-corrected chi connectivity index (χ4v) is 5.54. The Morgan fingerprint density at radius 3 is 2.39 bits per heavy atom. The minimum absolute atomic E-state index is 0. The van der Waals surface area contributed by atoms with Gasteiger partial charge in [-0.3, -0.25) is 29.0 Å². The molecule has 0 aliphatic carbocycles. The molecule has 2 aliphatic rings. The van der Waals surface area contributed by atoms with E-state index in [0.717, 1.165) is 16.2 Å². The van der Waals surface area contributed by atoms with Crippen molar-refractivity contribution >= 4 is 76.5 Å². The van der Waals surface area contributed by atoms with Gasteiger partial charge in [0.05, 0.1) is 35.5 Å². The first-order chi connectivity index (χ1) is 20.5. The Balaban J connectivity index is 0.00000529. The topological polar surface area (TPSA) is 149 Å². The highest BCUT2D eigenvalue weighted by Gasteiger charge is 2.36. The molecule has 2 N–H and O–H groups in total. The van der Waals surface area contributed by atoms with Crippen molar-refractivity contribution in [2.75, 3.05) is 49.3 Å². The molecule has 4 amide bonds. The van der Waals surface area contributed by atoms with Crippen molar-refractivity contribution in [1.82, 2.24) is 4.90 Å². The molecule has 15 heteroatoms. The number of unbranched alkanes of at least 4 members (excludes halogenated alkanes) is 1. The van der Waals surface area contributed by atoms with Gasteiger partial charge in [0, 0.05) is 24.3 Å². The van der Waals surface area contributed by atoms with Crippen molar-refractivity contribution in [2.45, 2.75) is 45.3 Å². The van der Waals surface area contributed by atoms with E-state index in [9.17, 15) is 24.0 Å². The molecule has 4 rings (SSSR count). The van der Waals surface area contributed by atoms with Gasteiger partial charge in [-0.05, 0) is 55.2 Å². The number of carbonyl (C=O) groups is 5. The Kier molecular flexibility index (Phi) is 13.0. The molecule has 240 valence electrons. The summed E-state index contributed by atoms with van der Waals surface area (Å²) in [5.41, 5.74) is 7.04. The molecule has 44 heavy (non-hydrogen) atoms. The van der Waals surface area contributed by atoms with Crippen LogP contribution in [0.4, 0.5) is 16.2 Å². The predicted molar refractivity (Wildman–Crippen MR) is 167 cm³/mol. The van der Waals surface area contributed by atoms with Gasteiger partial charge in [0.25, 0.3) is 11.8 Å². The molecule has 1 aromatic carbocycles. The molecule has 2 aliphatic heterocycles. The fraction of sp³-hybridized carbons (Fsp3) is 0.483. The van der Waals surface area contributed by atoms with Crippen molar-refractivity contribution in [3.63, 3.8) is 0 Å². The highest BCUT2D eigenvalue weighted by molar-refractivity contribution is 7.18. The number of esters is 1. The molecule has 12 nitrogen and oxygen atoms in total. The van der Waals surface area contributed by atoms with E-state index in [0.29, 0.717) is 41.7 Å². The first kappa shape index (κ1) is 35.3. The zero-order chi connectivity index (χ0) is 31.1. The smallest absolute Gasteiger partial charge is 0.414 e. The molecule has 0 radical (unpaired) electrons. The quantitative estimate of drug-likeness (QED) is 0.262. The number of halogens is 2. The number of cyclic esters (lactones) is 1. The Morgan fingerprint density at radius 1 is 1.09 bits per heavy atom. The number of nitrogens with zero attached hydrogens (tertiary/aromatic N) is 3. The highest BCUT2D eigenvalue weighted by atomic mass is 35.5. The SMILES string of the molecule is CC(C)[C@H](N)C(=O)OCCCCC(=O)N(C[C@H]1CN(c2ccc(N3CCOCC3=O)cc2)C(=O)O1)C(=O)c1ccc(Cl)s1.Cl.